The smallest absolute Gasteiger partial charge is 0.332 e. The van der Waals surface area contributed by atoms with Gasteiger partial charge in [0.15, 0.2) is 11.5 Å². The topological polar surface area (TPSA) is 98.9 Å². The Kier molecular flexibility index (Phi) is 5.13. The maximum absolute atomic E-state index is 12.7. The summed E-state index contributed by atoms with van der Waals surface area (Å²) in [6.45, 7) is 1.98. The Hall–Kier alpha value is -2.94. The molecule has 1 amide bonds. The van der Waals surface area contributed by atoms with Gasteiger partial charge in [-0.25, -0.2) is 14.8 Å². The van der Waals surface area contributed by atoms with Crippen LogP contribution in [0.4, 0.5) is 0 Å². The Labute approximate surface area is 159 Å². The van der Waals surface area contributed by atoms with Gasteiger partial charge in [0.05, 0.1) is 5.75 Å². The number of fused-ring (bicyclic) bond motifs is 1. The van der Waals surface area contributed by atoms with Crippen molar-refractivity contribution < 1.29 is 4.79 Å². The first-order chi connectivity index (χ1) is 12.8. The van der Waals surface area contributed by atoms with Crippen LogP contribution in [-0.2, 0) is 18.9 Å². The number of nitrogens with zero attached hydrogens (tertiary/aromatic N) is 4. The summed E-state index contributed by atoms with van der Waals surface area (Å²) < 4.78 is 2.33. The number of benzene rings is 1. The lowest BCUT2D eigenvalue weighted by Gasteiger charge is -2.12. The third-order valence-electron chi connectivity index (χ3n) is 4.20. The van der Waals surface area contributed by atoms with E-state index in [0.717, 1.165) is 27.5 Å². The van der Waals surface area contributed by atoms with Gasteiger partial charge in [0.2, 0.25) is 5.91 Å². The summed E-state index contributed by atoms with van der Waals surface area (Å²) in [6.07, 6.45) is 0. The van der Waals surface area contributed by atoms with E-state index in [2.05, 4.69) is 15.3 Å². The molecule has 0 fully saturated rings. The number of nitrogens with one attached hydrogen (secondary N) is 1. The summed E-state index contributed by atoms with van der Waals surface area (Å²) >= 11 is 1.14. The van der Waals surface area contributed by atoms with Gasteiger partial charge in [-0.2, -0.15) is 0 Å². The van der Waals surface area contributed by atoms with Crippen LogP contribution in [-0.4, -0.2) is 37.8 Å². The molecule has 0 unspecified atom stereocenters. The number of aryl methyl sites for hydroxylation is 2. The predicted octanol–water partition coefficient (Wildman–Crippen LogP) is 0.841. The Morgan fingerprint density at radius 1 is 1.11 bits per heavy atom. The molecule has 0 saturated carbocycles. The van der Waals surface area contributed by atoms with Gasteiger partial charge in [0.1, 0.15) is 10.4 Å². The second-order valence-corrected chi connectivity index (χ2v) is 7.05. The lowest BCUT2D eigenvalue weighted by molar-refractivity contribution is -0.118. The van der Waals surface area contributed by atoms with Gasteiger partial charge in [0, 0.05) is 26.7 Å². The minimum atomic E-state index is -0.483. The largest absolute Gasteiger partial charge is 0.358 e. The highest BCUT2D eigenvalue weighted by molar-refractivity contribution is 8.00. The molecule has 0 aliphatic heterocycles. The fraction of sp³-hybridized carbons (Fsp3) is 0.278. The second kappa shape index (κ2) is 7.36. The molecule has 0 bridgehead atoms. The van der Waals surface area contributed by atoms with Crippen molar-refractivity contribution in [2.24, 2.45) is 14.1 Å². The molecule has 2 heterocycles. The number of amides is 1. The molecule has 140 valence electrons. The molecule has 9 heteroatoms. The average Bonchev–Trinajstić information content (AvgIpc) is 2.68. The van der Waals surface area contributed by atoms with Gasteiger partial charge in [0.25, 0.3) is 5.56 Å². The van der Waals surface area contributed by atoms with Crippen LogP contribution in [0.25, 0.3) is 22.4 Å². The summed E-state index contributed by atoms with van der Waals surface area (Å²) in [6, 6.07) is 7.62. The zero-order valence-corrected chi connectivity index (χ0v) is 16.3. The molecule has 1 aromatic carbocycles. The highest BCUT2D eigenvalue weighted by atomic mass is 32.2. The van der Waals surface area contributed by atoms with E-state index in [4.69, 9.17) is 0 Å². The summed E-state index contributed by atoms with van der Waals surface area (Å²) in [5.74, 6) is 0.303. The first-order valence-electron chi connectivity index (χ1n) is 8.21. The van der Waals surface area contributed by atoms with Crippen molar-refractivity contribution in [2.45, 2.75) is 11.9 Å². The maximum atomic E-state index is 12.7. The summed E-state index contributed by atoms with van der Waals surface area (Å²) in [5, 5.41) is 3.14. The van der Waals surface area contributed by atoms with Crippen molar-refractivity contribution in [1.29, 1.82) is 0 Å². The van der Waals surface area contributed by atoms with Crippen LogP contribution in [0, 0.1) is 6.92 Å². The van der Waals surface area contributed by atoms with Crippen molar-refractivity contribution >= 4 is 28.7 Å². The molecule has 0 saturated heterocycles. The van der Waals surface area contributed by atoms with Crippen molar-refractivity contribution in [1.82, 2.24) is 24.4 Å². The molecule has 0 radical (unpaired) electrons. The van der Waals surface area contributed by atoms with E-state index in [1.54, 1.807) is 14.1 Å². The van der Waals surface area contributed by atoms with Gasteiger partial charge in [-0.3, -0.25) is 18.7 Å². The number of rotatable bonds is 4. The van der Waals surface area contributed by atoms with Crippen LogP contribution in [0.5, 0.6) is 0 Å². The van der Waals surface area contributed by atoms with Crippen LogP contribution in [0.1, 0.15) is 5.56 Å². The molecule has 3 rings (SSSR count). The van der Waals surface area contributed by atoms with Crippen molar-refractivity contribution in [2.75, 3.05) is 12.8 Å². The minimum absolute atomic E-state index is 0.0992. The molecular weight excluding hydrogens is 366 g/mol. The van der Waals surface area contributed by atoms with E-state index in [1.807, 2.05) is 31.2 Å². The van der Waals surface area contributed by atoms with Gasteiger partial charge >= 0.3 is 5.69 Å². The summed E-state index contributed by atoms with van der Waals surface area (Å²) in [5.41, 5.74) is 1.15. The van der Waals surface area contributed by atoms with Crippen LogP contribution < -0.4 is 16.6 Å². The van der Waals surface area contributed by atoms with E-state index in [0.29, 0.717) is 10.9 Å². The molecule has 8 nitrogen and oxygen atoms in total. The Balaban J connectivity index is 2.30. The molecule has 0 aliphatic carbocycles. The zero-order valence-electron chi connectivity index (χ0n) is 15.4. The fourth-order valence-electron chi connectivity index (χ4n) is 2.57. The lowest BCUT2D eigenvalue weighted by Crippen LogP contribution is -2.37. The minimum Gasteiger partial charge on any atom is -0.358 e. The Bertz CT molecular complexity index is 1150. The number of hydrogen-bond donors (Lipinski definition) is 1. The highest BCUT2D eigenvalue weighted by Crippen LogP contribution is 2.26. The molecular formula is C18H19N5O3S. The first-order valence-corrected chi connectivity index (χ1v) is 9.20. The number of carbonyl (C=O) groups is 1. The molecule has 0 spiro atoms. The van der Waals surface area contributed by atoms with E-state index < -0.39 is 11.2 Å². The van der Waals surface area contributed by atoms with Crippen LogP contribution in [0.2, 0.25) is 0 Å². The van der Waals surface area contributed by atoms with Crippen LogP contribution in [0.3, 0.4) is 0 Å². The standard InChI is InChI=1S/C18H19N5O3S/c1-10-5-7-11(8-6-10)14-20-15-13(16(21-14)27-9-12(24)19-2)17(25)23(4)18(26)22(15)3/h5-8H,9H2,1-4H3,(H,19,24). The fourth-order valence-corrected chi connectivity index (χ4v) is 3.46. The molecule has 0 atom stereocenters. The number of aromatic nitrogens is 4. The Morgan fingerprint density at radius 2 is 1.78 bits per heavy atom. The lowest BCUT2D eigenvalue weighted by atomic mass is 10.1. The van der Waals surface area contributed by atoms with Gasteiger partial charge in [-0.05, 0) is 6.92 Å². The summed E-state index contributed by atoms with van der Waals surface area (Å²) in [4.78, 5) is 45.7. The average molecular weight is 385 g/mol. The number of hydrogen-bond acceptors (Lipinski definition) is 6. The van der Waals surface area contributed by atoms with Gasteiger partial charge in [-0.1, -0.05) is 41.6 Å². The van der Waals surface area contributed by atoms with E-state index in [9.17, 15) is 14.4 Å². The van der Waals surface area contributed by atoms with E-state index in [-0.39, 0.29) is 22.7 Å². The summed E-state index contributed by atoms with van der Waals surface area (Å²) in [7, 11) is 4.51. The monoisotopic (exact) mass is 385 g/mol. The molecule has 1 N–H and O–H groups in total. The van der Waals surface area contributed by atoms with Gasteiger partial charge < -0.3 is 5.32 Å². The van der Waals surface area contributed by atoms with Crippen molar-refractivity contribution in [3.05, 3.63) is 50.7 Å². The predicted molar refractivity (Wildman–Crippen MR) is 105 cm³/mol. The van der Waals surface area contributed by atoms with E-state index >= 15 is 0 Å². The molecule has 2 aromatic heterocycles. The Morgan fingerprint density at radius 3 is 2.41 bits per heavy atom. The third kappa shape index (κ3) is 3.50. The maximum Gasteiger partial charge on any atom is 0.332 e. The molecule has 0 aliphatic rings. The number of thioether (sulfide) groups is 1. The SMILES string of the molecule is CNC(=O)CSc1nc(-c2ccc(C)cc2)nc2c1c(=O)n(C)c(=O)n2C. The number of carbonyl (C=O) groups excluding carboxylic acids is 1. The second-order valence-electron chi connectivity index (χ2n) is 6.08. The zero-order chi connectivity index (χ0) is 19.7. The van der Waals surface area contributed by atoms with E-state index in [1.165, 1.54) is 11.6 Å². The molecule has 27 heavy (non-hydrogen) atoms. The van der Waals surface area contributed by atoms with Gasteiger partial charge in [-0.15, -0.1) is 0 Å². The van der Waals surface area contributed by atoms with Crippen molar-refractivity contribution in [3.8, 4) is 11.4 Å². The van der Waals surface area contributed by atoms with Crippen molar-refractivity contribution in [3.63, 3.8) is 0 Å². The first kappa shape index (κ1) is 18.8. The normalized spacial score (nSPS) is 11.0. The highest BCUT2D eigenvalue weighted by Gasteiger charge is 2.18. The third-order valence-corrected chi connectivity index (χ3v) is 5.17. The quantitative estimate of drug-likeness (QED) is 0.528. The molecule has 3 aromatic rings. The van der Waals surface area contributed by atoms with Crippen LogP contribution >= 0.6 is 11.8 Å². The van der Waals surface area contributed by atoms with Crippen LogP contribution in [0.15, 0.2) is 38.9 Å².